The zero-order valence-electron chi connectivity index (χ0n) is 27.6. The van der Waals surface area contributed by atoms with Crippen LogP contribution in [0.25, 0.3) is 99.2 Å². The van der Waals surface area contributed by atoms with Crippen LogP contribution in [0, 0.1) is 0 Å². The molecule has 0 saturated heterocycles. The van der Waals surface area contributed by atoms with Crippen LogP contribution in [-0.2, 0) is 0 Å². The van der Waals surface area contributed by atoms with Crippen molar-refractivity contribution in [3.63, 3.8) is 0 Å². The van der Waals surface area contributed by atoms with Crippen LogP contribution in [0.15, 0.2) is 186 Å². The summed E-state index contributed by atoms with van der Waals surface area (Å²) < 4.78 is 11.2. The van der Waals surface area contributed by atoms with Crippen LogP contribution in [-0.4, -0.2) is 9.13 Å². The number of hydrogen-bond acceptors (Lipinski definition) is 1. The van der Waals surface area contributed by atoms with Crippen LogP contribution < -0.4 is 0 Å². The van der Waals surface area contributed by atoms with Crippen LogP contribution in [0.1, 0.15) is 0 Å². The number of furan rings is 1. The van der Waals surface area contributed by atoms with Crippen molar-refractivity contribution >= 4 is 65.6 Å². The molecule has 0 radical (unpaired) electrons. The molecule has 0 aliphatic carbocycles. The van der Waals surface area contributed by atoms with Gasteiger partial charge in [-0.1, -0.05) is 127 Å². The van der Waals surface area contributed by atoms with Crippen molar-refractivity contribution in [3.05, 3.63) is 182 Å². The summed E-state index contributed by atoms with van der Waals surface area (Å²) in [7, 11) is 0. The molecule has 0 fully saturated rings. The smallest absolute Gasteiger partial charge is 0.136 e. The minimum Gasteiger partial charge on any atom is -0.456 e. The van der Waals surface area contributed by atoms with Gasteiger partial charge in [-0.2, -0.15) is 0 Å². The van der Waals surface area contributed by atoms with Crippen molar-refractivity contribution in [2.24, 2.45) is 0 Å². The maximum Gasteiger partial charge on any atom is 0.136 e. The van der Waals surface area contributed by atoms with E-state index in [9.17, 15) is 0 Å². The van der Waals surface area contributed by atoms with Crippen molar-refractivity contribution < 1.29 is 4.42 Å². The lowest BCUT2D eigenvalue weighted by molar-refractivity contribution is 0.669. The van der Waals surface area contributed by atoms with Crippen molar-refractivity contribution in [3.8, 4) is 33.6 Å². The average Bonchev–Trinajstić information content (AvgIpc) is 3.86. The first kappa shape index (κ1) is 28.0. The molecule has 3 aromatic heterocycles. The summed E-state index contributed by atoms with van der Waals surface area (Å²) in [6, 6.07) is 65.5. The van der Waals surface area contributed by atoms with Gasteiger partial charge in [-0.15, -0.1) is 0 Å². The van der Waals surface area contributed by atoms with E-state index in [4.69, 9.17) is 4.42 Å². The Kier molecular flexibility index (Phi) is 5.96. The Hall–Kier alpha value is -6.84. The summed E-state index contributed by atoms with van der Waals surface area (Å²) in [6.07, 6.45) is 0. The minimum absolute atomic E-state index is 0.899. The Morgan fingerprint density at radius 2 is 0.941 bits per heavy atom. The lowest BCUT2D eigenvalue weighted by Gasteiger charge is -2.15. The first-order valence-electron chi connectivity index (χ1n) is 17.4. The van der Waals surface area contributed by atoms with E-state index in [1.807, 2.05) is 6.07 Å². The molecule has 0 bridgehead atoms. The Balaban J connectivity index is 1.19. The van der Waals surface area contributed by atoms with Crippen molar-refractivity contribution in [1.29, 1.82) is 0 Å². The lowest BCUT2D eigenvalue weighted by atomic mass is 9.97. The highest BCUT2D eigenvalue weighted by molar-refractivity contribution is 6.18. The van der Waals surface area contributed by atoms with Crippen molar-refractivity contribution in [1.82, 2.24) is 9.13 Å². The van der Waals surface area contributed by atoms with Gasteiger partial charge in [0.15, 0.2) is 0 Å². The summed E-state index contributed by atoms with van der Waals surface area (Å²) in [5.74, 6) is 0. The highest BCUT2D eigenvalue weighted by Crippen LogP contribution is 2.44. The van der Waals surface area contributed by atoms with Crippen LogP contribution >= 0.6 is 0 Å². The van der Waals surface area contributed by atoms with E-state index in [0.717, 1.165) is 44.4 Å². The van der Waals surface area contributed by atoms with Crippen molar-refractivity contribution in [2.75, 3.05) is 0 Å². The predicted molar refractivity (Wildman–Crippen MR) is 213 cm³/mol. The van der Waals surface area contributed by atoms with Crippen LogP contribution in [0.2, 0.25) is 0 Å². The highest BCUT2D eigenvalue weighted by atomic mass is 16.3. The second kappa shape index (κ2) is 10.8. The Morgan fingerprint density at radius 3 is 1.82 bits per heavy atom. The fraction of sp³-hybridized carbons (Fsp3) is 0. The Morgan fingerprint density at radius 1 is 0.333 bits per heavy atom. The third kappa shape index (κ3) is 4.06. The molecule has 51 heavy (non-hydrogen) atoms. The van der Waals surface area contributed by atoms with E-state index in [2.05, 4.69) is 185 Å². The number of nitrogens with zero attached hydrogens (tertiary/aromatic N) is 2. The molecule has 0 spiro atoms. The molecule has 3 heteroatoms. The van der Waals surface area contributed by atoms with Gasteiger partial charge in [0.25, 0.3) is 0 Å². The van der Waals surface area contributed by atoms with Crippen LogP contribution in [0.4, 0.5) is 0 Å². The van der Waals surface area contributed by atoms with Gasteiger partial charge >= 0.3 is 0 Å². The maximum atomic E-state index is 6.33. The van der Waals surface area contributed by atoms with E-state index < -0.39 is 0 Å². The Bertz CT molecular complexity index is 3140. The number of hydrogen-bond donors (Lipinski definition) is 0. The molecule has 0 saturated carbocycles. The summed E-state index contributed by atoms with van der Waals surface area (Å²) in [5, 5.41) is 7.26. The standard InChI is InChI=1S/C48H30N2O/c1-2-14-32(15-3-1)49-40-22-8-4-16-34(40)36-29-28-31(30-44(36)49)33-20-12-25-43-47(33)38-18-6-10-24-42(38)50(43)41-23-9-5-17-35(41)37-21-13-27-46-48(37)39-19-7-11-26-45(39)51-46/h1-30H. The fourth-order valence-electron chi connectivity index (χ4n) is 8.41. The van der Waals surface area contributed by atoms with Gasteiger partial charge in [0.05, 0.1) is 27.8 Å². The number of benzene rings is 8. The molecule has 0 atom stereocenters. The number of rotatable bonds is 4. The predicted octanol–water partition coefficient (Wildman–Crippen LogP) is 13.1. The second-order valence-electron chi connectivity index (χ2n) is 13.3. The largest absolute Gasteiger partial charge is 0.456 e. The van der Waals surface area contributed by atoms with Crippen molar-refractivity contribution in [2.45, 2.75) is 0 Å². The van der Waals surface area contributed by atoms with E-state index in [1.54, 1.807) is 0 Å². The second-order valence-corrected chi connectivity index (χ2v) is 13.3. The number of aromatic nitrogens is 2. The number of para-hydroxylation sites is 5. The first-order valence-corrected chi connectivity index (χ1v) is 17.4. The van der Waals surface area contributed by atoms with E-state index in [1.165, 1.54) is 54.7 Å². The van der Waals surface area contributed by atoms with E-state index in [-0.39, 0.29) is 0 Å². The lowest BCUT2D eigenvalue weighted by Crippen LogP contribution is -1.97. The molecule has 8 aromatic carbocycles. The topological polar surface area (TPSA) is 23.0 Å². The highest BCUT2D eigenvalue weighted by Gasteiger charge is 2.21. The average molecular weight is 651 g/mol. The molecule has 11 rings (SSSR count). The Labute approximate surface area is 293 Å². The summed E-state index contributed by atoms with van der Waals surface area (Å²) in [5.41, 5.74) is 13.6. The molecule has 3 nitrogen and oxygen atoms in total. The zero-order chi connectivity index (χ0) is 33.5. The first-order chi connectivity index (χ1) is 25.3. The summed E-state index contributed by atoms with van der Waals surface area (Å²) in [4.78, 5) is 0. The summed E-state index contributed by atoms with van der Waals surface area (Å²) >= 11 is 0. The molecule has 0 unspecified atom stereocenters. The minimum atomic E-state index is 0.899. The molecule has 0 amide bonds. The van der Waals surface area contributed by atoms with Gasteiger partial charge in [-0.3, -0.25) is 0 Å². The molecule has 0 aliphatic heterocycles. The van der Waals surface area contributed by atoms with Gasteiger partial charge in [0.1, 0.15) is 11.2 Å². The zero-order valence-corrected chi connectivity index (χ0v) is 27.6. The number of fused-ring (bicyclic) bond motifs is 9. The molecule has 0 N–H and O–H groups in total. The normalized spacial score (nSPS) is 11.9. The van der Waals surface area contributed by atoms with Crippen LogP contribution in [0.5, 0.6) is 0 Å². The molecule has 0 aliphatic rings. The van der Waals surface area contributed by atoms with E-state index in [0.29, 0.717) is 0 Å². The third-order valence-electron chi connectivity index (χ3n) is 10.5. The molecular weight excluding hydrogens is 621 g/mol. The van der Waals surface area contributed by atoms with Gasteiger partial charge in [-0.25, -0.2) is 0 Å². The molecular formula is C48H30N2O. The van der Waals surface area contributed by atoms with Crippen LogP contribution in [0.3, 0.4) is 0 Å². The SMILES string of the molecule is c1ccc(-n2c3ccccc3c3ccc(-c4cccc5c4c4ccccc4n5-c4ccccc4-c4cccc5oc6ccccc6c45)cc32)cc1. The van der Waals surface area contributed by atoms with E-state index >= 15 is 0 Å². The van der Waals surface area contributed by atoms with Gasteiger partial charge < -0.3 is 13.6 Å². The molecule has 11 aromatic rings. The summed E-state index contributed by atoms with van der Waals surface area (Å²) in [6.45, 7) is 0. The third-order valence-corrected chi connectivity index (χ3v) is 10.5. The quantitative estimate of drug-likeness (QED) is 0.186. The van der Waals surface area contributed by atoms with Gasteiger partial charge in [-0.05, 0) is 71.3 Å². The fourth-order valence-corrected chi connectivity index (χ4v) is 8.41. The monoisotopic (exact) mass is 650 g/mol. The maximum absolute atomic E-state index is 6.33. The van der Waals surface area contributed by atoms with Gasteiger partial charge in [0.2, 0.25) is 0 Å². The molecule has 238 valence electrons. The van der Waals surface area contributed by atoms with Gasteiger partial charge in [0, 0.05) is 43.6 Å². The molecule has 3 heterocycles.